The Balaban J connectivity index is 2.20. The molecule has 18 heavy (non-hydrogen) atoms. The molecule has 88 valence electrons. The maximum atomic E-state index is 8.92. The topological polar surface area (TPSA) is 63.2 Å². The molecule has 3 heterocycles. The molecule has 0 bridgehead atoms. The lowest BCUT2D eigenvalue weighted by Crippen LogP contribution is -1.89. The summed E-state index contributed by atoms with van der Waals surface area (Å²) in [4.78, 5) is 0.953. The molecule has 5 nitrogen and oxygen atoms in total. The minimum atomic E-state index is 0.576. The second kappa shape index (κ2) is 4.13. The van der Waals surface area contributed by atoms with Gasteiger partial charge in [-0.2, -0.15) is 5.26 Å². The number of methoxy groups -OCH3 is 1. The van der Waals surface area contributed by atoms with Crippen molar-refractivity contribution in [1.29, 1.82) is 5.26 Å². The molecular formula is C12H8N4OS. The third-order valence-electron chi connectivity index (χ3n) is 2.56. The van der Waals surface area contributed by atoms with Crippen LogP contribution >= 0.6 is 11.3 Å². The van der Waals surface area contributed by atoms with Gasteiger partial charge in [0.25, 0.3) is 0 Å². The predicted molar refractivity (Wildman–Crippen MR) is 67.6 cm³/mol. The van der Waals surface area contributed by atoms with Gasteiger partial charge >= 0.3 is 0 Å². The molecule has 0 spiro atoms. The molecule has 0 atom stereocenters. The maximum absolute atomic E-state index is 8.92. The van der Waals surface area contributed by atoms with Crippen LogP contribution in [-0.4, -0.2) is 21.7 Å². The smallest absolute Gasteiger partial charge is 0.178 e. The number of pyridine rings is 1. The van der Waals surface area contributed by atoms with Crippen molar-refractivity contribution in [2.24, 2.45) is 0 Å². The van der Waals surface area contributed by atoms with E-state index in [2.05, 4.69) is 16.3 Å². The summed E-state index contributed by atoms with van der Waals surface area (Å²) in [5, 5.41) is 19.0. The third-order valence-corrected chi connectivity index (χ3v) is 3.47. The van der Waals surface area contributed by atoms with Gasteiger partial charge < -0.3 is 4.74 Å². The average molecular weight is 256 g/mol. The van der Waals surface area contributed by atoms with Crippen molar-refractivity contribution in [1.82, 2.24) is 14.6 Å². The van der Waals surface area contributed by atoms with E-state index in [1.54, 1.807) is 25.4 Å². The minimum absolute atomic E-state index is 0.576. The van der Waals surface area contributed by atoms with Gasteiger partial charge in [0.1, 0.15) is 11.8 Å². The van der Waals surface area contributed by atoms with Gasteiger partial charge in [-0.1, -0.05) is 0 Å². The van der Waals surface area contributed by atoms with Gasteiger partial charge in [-0.3, -0.25) is 4.40 Å². The molecule has 6 heteroatoms. The van der Waals surface area contributed by atoms with Gasteiger partial charge in [0.2, 0.25) is 0 Å². The number of hydrogen-bond acceptors (Lipinski definition) is 5. The molecule has 0 aliphatic rings. The zero-order valence-electron chi connectivity index (χ0n) is 9.49. The second-order valence-electron chi connectivity index (χ2n) is 3.63. The molecule has 0 aliphatic heterocycles. The van der Waals surface area contributed by atoms with E-state index in [-0.39, 0.29) is 0 Å². The van der Waals surface area contributed by atoms with E-state index in [0.29, 0.717) is 5.56 Å². The summed E-state index contributed by atoms with van der Waals surface area (Å²) in [5.74, 6) is 1.51. The molecule has 3 aromatic rings. The van der Waals surface area contributed by atoms with Crippen molar-refractivity contribution >= 4 is 17.0 Å². The number of thiophene rings is 1. The summed E-state index contributed by atoms with van der Waals surface area (Å²) >= 11 is 1.53. The number of hydrogen-bond donors (Lipinski definition) is 0. The van der Waals surface area contributed by atoms with Gasteiger partial charge in [0.05, 0.1) is 17.6 Å². The first kappa shape index (κ1) is 10.7. The lowest BCUT2D eigenvalue weighted by molar-refractivity contribution is 0.417. The molecule has 0 N–H and O–H groups in total. The largest absolute Gasteiger partial charge is 0.496 e. The second-order valence-corrected chi connectivity index (χ2v) is 4.54. The Kier molecular flexibility index (Phi) is 2.46. The standard InChI is InChI=1S/C12H8N4OS/c1-17-9-4-10(18-7-9)12-15-14-11-3-2-8(5-13)6-16(11)12/h2-4,6-7H,1H3. The van der Waals surface area contributed by atoms with Crippen LogP contribution in [0.15, 0.2) is 29.8 Å². The first-order valence-corrected chi connectivity index (χ1v) is 6.07. The normalized spacial score (nSPS) is 10.4. The fourth-order valence-electron chi connectivity index (χ4n) is 1.67. The summed E-state index contributed by atoms with van der Waals surface area (Å²) < 4.78 is 6.96. The van der Waals surface area contributed by atoms with Gasteiger partial charge in [0, 0.05) is 17.6 Å². The highest BCUT2D eigenvalue weighted by atomic mass is 32.1. The Labute approximate surface area is 107 Å². The highest BCUT2D eigenvalue weighted by molar-refractivity contribution is 7.13. The molecular weight excluding hydrogens is 248 g/mol. The van der Waals surface area contributed by atoms with E-state index in [1.807, 2.05) is 15.8 Å². The van der Waals surface area contributed by atoms with Crippen LogP contribution in [0.1, 0.15) is 5.56 Å². The Morgan fingerprint density at radius 3 is 3.00 bits per heavy atom. The summed E-state index contributed by atoms with van der Waals surface area (Å²) in [6.07, 6.45) is 1.73. The minimum Gasteiger partial charge on any atom is -0.496 e. The molecule has 3 rings (SSSR count). The molecule has 0 saturated carbocycles. The van der Waals surface area contributed by atoms with Crippen molar-refractivity contribution in [3.8, 4) is 22.5 Å². The number of fused-ring (bicyclic) bond motifs is 1. The quantitative estimate of drug-likeness (QED) is 0.706. The van der Waals surface area contributed by atoms with E-state index in [1.165, 1.54) is 11.3 Å². The molecule has 0 aliphatic carbocycles. The van der Waals surface area contributed by atoms with E-state index >= 15 is 0 Å². The van der Waals surface area contributed by atoms with Crippen LogP contribution in [0.25, 0.3) is 16.3 Å². The maximum Gasteiger partial charge on any atom is 0.178 e. The van der Waals surface area contributed by atoms with Crippen LogP contribution in [0.4, 0.5) is 0 Å². The van der Waals surface area contributed by atoms with Crippen LogP contribution < -0.4 is 4.74 Å². The Morgan fingerprint density at radius 1 is 1.39 bits per heavy atom. The molecule has 0 aromatic carbocycles. The van der Waals surface area contributed by atoms with Crippen LogP contribution in [0.2, 0.25) is 0 Å². The fourth-order valence-corrected chi connectivity index (χ4v) is 2.50. The number of aromatic nitrogens is 3. The summed E-state index contributed by atoms with van der Waals surface area (Å²) in [6.45, 7) is 0. The predicted octanol–water partition coefficient (Wildman–Crippen LogP) is 2.34. The lowest BCUT2D eigenvalue weighted by Gasteiger charge is -1.97. The van der Waals surface area contributed by atoms with E-state index in [0.717, 1.165) is 22.1 Å². The number of nitriles is 1. The SMILES string of the molecule is COc1csc(-c2nnc3ccc(C#N)cn23)c1. The highest BCUT2D eigenvalue weighted by Crippen LogP contribution is 2.30. The van der Waals surface area contributed by atoms with Crippen LogP contribution in [0.3, 0.4) is 0 Å². The zero-order valence-corrected chi connectivity index (χ0v) is 10.3. The van der Waals surface area contributed by atoms with Crippen LogP contribution in [0, 0.1) is 11.3 Å². The Morgan fingerprint density at radius 2 is 2.28 bits per heavy atom. The third kappa shape index (κ3) is 1.61. The monoisotopic (exact) mass is 256 g/mol. The lowest BCUT2D eigenvalue weighted by atomic mass is 10.3. The first-order valence-electron chi connectivity index (χ1n) is 5.19. The first-order chi connectivity index (χ1) is 8.81. The van der Waals surface area contributed by atoms with Crippen molar-refractivity contribution in [3.63, 3.8) is 0 Å². The molecule has 0 unspecified atom stereocenters. The highest BCUT2D eigenvalue weighted by Gasteiger charge is 2.11. The summed E-state index contributed by atoms with van der Waals surface area (Å²) in [7, 11) is 1.63. The molecule has 0 radical (unpaired) electrons. The summed E-state index contributed by atoms with van der Waals surface area (Å²) in [5.41, 5.74) is 1.29. The summed E-state index contributed by atoms with van der Waals surface area (Å²) in [6, 6.07) is 7.51. The zero-order chi connectivity index (χ0) is 12.5. The molecule has 0 amide bonds. The average Bonchev–Trinajstić information content (AvgIpc) is 3.03. The van der Waals surface area contributed by atoms with Crippen molar-refractivity contribution in [2.75, 3.05) is 7.11 Å². The van der Waals surface area contributed by atoms with Crippen LogP contribution in [0.5, 0.6) is 5.75 Å². The van der Waals surface area contributed by atoms with E-state index < -0.39 is 0 Å². The molecule has 3 aromatic heterocycles. The molecule has 0 fully saturated rings. The number of rotatable bonds is 2. The van der Waals surface area contributed by atoms with E-state index in [4.69, 9.17) is 10.00 Å². The number of ether oxygens (including phenoxy) is 1. The van der Waals surface area contributed by atoms with Gasteiger partial charge in [-0.25, -0.2) is 0 Å². The van der Waals surface area contributed by atoms with Gasteiger partial charge in [-0.05, 0) is 12.1 Å². The van der Waals surface area contributed by atoms with E-state index in [9.17, 15) is 0 Å². The van der Waals surface area contributed by atoms with Crippen molar-refractivity contribution in [2.45, 2.75) is 0 Å². The fraction of sp³-hybridized carbons (Fsp3) is 0.0833. The van der Waals surface area contributed by atoms with Crippen molar-refractivity contribution in [3.05, 3.63) is 35.3 Å². The van der Waals surface area contributed by atoms with Gasteiger partial charge in [-0.15, -0.1) is 21.5 Å². The number of nitrogens with zero attached hydrogens (tertiary/aromatic N) is 4. The Bertz CT molecular complexity index is 753. The van der Waals surface area contributed by atoms with Gasteiger partial charge in [0.15, 0.2) is 11.5 Å². The van der Waals surface area contributed by atoms with Crippen molar-refractivity contribution < 1.29 is 4.74 Å². The Hall–Kier alpha value is -2.39. The molecule has 0 saturated heterocycles. The van der Waals surface area contributed by atoms with Crippen LogP contribution in [-0.2, 0) is 0 Å².